The van der Waals surface area contributed by atoms with Gasteiger partial charge in [-0.2, -0.15) is 0 Å². The van der Waals surface area contributed by atoms with Crippen LogP contribution in [0.25, 0.3) is 0 Å². The SMILES string of the molecule is Brc1ccc(Oc2ccc(C3CC3)cn2)cc1. The molecule has 0 spiro atoms. The lowest BCUT2D eigenvalue weighted by Gasteiger charge is -2.05. The van der Waals surface area contributed by atoms with Crippen molar-refractivity contribution < 1.29 is 4.74 Å². The van der Waals surface area contributed by atoms with Gasteiger partial charge in [0.25, 0.3) is 0 Å². The van der Waals surface area contributed by atoms with Gasteiger partial charge in [-0.05, 0) is 48.6 Å². The van der Waals surface area contributed by atoms with E-state index in [4.69, 9.17) is 4.74 Å². The zero-order chi connectivity index (χ0) is 11.7. The van der Waals surface area contributed by atoms with Gasteiger partial charge in [0.05, 0.1) is 0 Å². The Morgan fingerprint density at radius 1 is 1.06 bits per heavy atom. The molecule has 0 radical (unpaired) electrons. The van der Waals surface area contributed by atoms with Crippen molar-refractivity contribution in [1.82, 2.24) is 4.98 Å². The van der Waals surface area contributed by atoms with Gasteiger partial charge in [0.2, 0.25) is 5.88 Å². The fourth-order valence-electron chi connectivity index (χ4n) is 1.73. The van der Waals surface area contributed by atoms with Crippen molar-refractivity contribution in [3.63, 3.8) is 0 Å². The third-order valence-electron chi connectivity index (χ3n) is 2.84. The van der Waals surface area contributed by atoms with E-state index in [1.807, 2.05) is 36.5 Å². The average molecular weight is 290 g/mol. The molecule has 0 unspecified atom stereocenters. The van der Waals surface area contributed by atoms with Gasteiger partial charge in [0.1, 0.15) is 5.75 Å². The zero-order valence-corrected chi connectivity index (χ0v) is 10.9. The quantitative estimate of drug-likeness (QED) is 0.829. The van der Waals surface area contributed by atoms with Crippen molar-refractivity contribution in [1.29, 1.82) is 0 Å². The Bertz CT molecular complexity index is 503. The number of nitrogens with zero attached hydrogens (tertiary/aromatic N) is 1. The molecule has 1 saturated carbocycles. The molecule has 2 aromatic rings. The molecule has 86 valence electrons. The largest absolute Gasteiger partial charge is 0.439 e. The third kappa shape index (κ3) is 2.67. The number of hydrogen-bond acceptors (Lipinski definition) is 2. The van der Waals surface area contributed by atoms with Crippen molar-refractivity contribution in [2.75, 3.05) is 0 Å². The van der Waals surface area contributed by atoms with Crippen molar-refractivity contribution in [3.8, 4) is 11.6 Å². The van der Waals surface area contributed by atoms with Crippen LogP contribution in [0.3, 0.4) is 0 Å². The molecule has 2 nitrogen and oxygen atoms in total. The molecule has 3 rings (SSSR count). The molecule has 0 aliphatic heterocycles. The predicted molar refractivity (Wildman–Crippen MR) is 70.4 cm³/mol. The lowest BCUT2D eigenvalue weighted by atomic mass is 10.2. The highest BCUT2D eigenvalue weighted by Crippen LogP contribution is 2.40. The van der Waals surface area contributed by atoms with Crippen LogP contribution >= 0.6 is 15.9 Å². The molecule has 1 fully saturated rings. The number of aromatic nitrogens is 1. The van der Waals surface area contributed by atoms with Crippen LogP contribution in [-0.2, 0) is 0 Å². The smallest absolute Gasteiger partial charge is 0.219 e. The first-order chi connectivity index (χ1) is 8.31. The van der Waals surface area contributed by atoms with Gasteiger partial charge in [-0.3, -0.25) is 0 Å². The van der Waals surface area contributed by atoms with E-state index in [2.05, 4.69) is 27.0 Å². The molecular formula is C14H12BrNO. The highest BCUT2D eigenvalue weighted by Gasteiger charge is 2.23. The summed E-state index contributed by atoms with van der Waals surface area (Å²) in [5.74, 6) is 2.20. The first-order valence-electron chi connectivity index (χ1n) is 5.70. The van der Waals surface area contributed by atoms with E-state index in [-0.39, 0.29) is 0 Å². The topological polar surface area (TPSA) is 22.1 Å². The molecule has 3 heteroatoms. The molecule has 17 heavy (non-hydrogen) atoms. The van der Waals surface area contributed by atoms with Crippen LogP contribution in [0.5, 0.6) is 11.6 Å². The summed E-state index contributed by atoms with van der Waals surface area (Å²) < 4.78 is 6.70. The number of halogens is 1. The summed E-state index contributed by atoms with van der Waals surface area (Å²) in [7, 11) is 0. The van der Waals surface area contributed by atoms with Gasteiger partial charge in [-0.1, -0.05) is 22.0 Å². The fraction of sp³-hybridized carbons (Fsp3) is 0.214. The molecule has 1 aliphatic rings. The van der Waals surface area contributed by atoms with Gasteiger partial charge >= 0.3 is 0 Å². The van der Waals surface area contributed by atoms with Gasteiger partial charge in [-0.15, -0.1) is 0 Å². The Balaban J connectivity index is 1.73. The van der Waals surface area contributed by atoms with Crippen molar-refractivity contribution in [3.05, 3.63) is 52.6 Å². The van der Waals surface area contributed by atoms with Crippen LogP contribution in [0.4, 0.5) is 0 Å². The van der Waals surface area contributed by atoms with Crippen LogP contribution in [0.15, 0.2) is 47.1 Å². The Morgan fingerprint density at radius 3 is 2.41 bits per heavy atom. The summed E-state index contributed by atoms with van der Waals surface area (Å²) in [6.07, 6.45) is 4.52. The van der Waals surface area contributed by atoms with E-state index < -0.39 is 0 Å². The second-order valence-electron chi connectivity index (χ2n) is 4.26. The van der Waals surface area contributed by atoms with Crippen molar-refractivity contribution in [2.24, 2.45) is 0 Å². The second-order valence-corrected chi connectivity index (χ2v) is 5.18. The first kappa shape index (κ1) is 10.8. The van der Waals surface area contributed by atoms with E-state index in [1.54, 1.807) is 0 Å². The molecule has 1 heterocycles. The summed E-state index contributed by atoms with van der Waals surface area (Å²) in [6, 6.07) is 11.8. The molecule has 0 bridgehead atoms. The Morgan fingerprint density at radius 2 is 1.82 bits per heavy atom. The molecule has 0 amide bonds. The number of pyridine rings is 1. The molecule has 1 aromatic heterocycles. The minimum atomic E-state index is 0.650. The van der Waals surface area contributed by atoms with Gasteiger partial charge in [0.15, 0.2) is 0 Å². The maximum Gasteiger partial charge on any atom is 0.219 e. The minimum absolute atomic E-state index is 0.650. The number of hydrogen-bond donors (Lipinski definition) is 0. The van der Waals surface area contributed by atoms with Crippen LogP contribution in [-0.4, -0.2) is 4.98 Å². The maximum absolute atomic E-state index is 5.66. The van der Waals surface area contributed by atoms with Gasteiger partial charge in [0, 0.05) is 16.7 Å². The van der Waals surface area contributed by atoms with Gasteiger partial charge in [-0.25, -0.2) is 4.98 Å². The van der Waals surface area contributed by atoms with Crippen LogP contribution in [0, 0.1) is 0 Å². The Labute approximate surface area is 109 Å². The summed E-state index contributed by atoms with van der Waals surface area (Å²) in [5, 5.41) is 0. The Hall–Kier alpha value is -1.35. The molecule has 0 atom stereocenters. The van der Waals surface area contributed by atoms with Crippen LogP contribution < -0.4 is 4.74 Å². The van der Waals surface area contributed by atoms with Crippen molar-refractivity contribution >= 4 is 15.9 Å². The van der Waals surface area contributed by atoms with E-state index in [0.717, 1.165) is 16.1 Å². The summed E-state index contributed by atoms with van der Waals surface area (Å²) in [4.78, 5) is 4.32. The molecule has 0 saturated heterocycles. The number of ether oxygens (including phenoxy) is 1. The molecular weight excluding hydrogens is 278 g/mol. The maximum atomic E-state index is 5.66. The first-order valence-corrected chi connectivity index (χ1v) is 6.50. The predicted octanol–water partition coefficient (Wildman–Crippen LogP) is 4.51. The fourth-order valence-corrected chi connectivity index (χ4v) is 2.00. The van der Waals surface area contributed by atoms with Crippen molar-refractivity contribution in [2.45, 2.75) is 18.8 Å². The number of benzene rings is 1. The summed E-state index contributed by atoms with van der Waals surface area (Å²) >= 11 is 3.39. The van der Waals surface area contributed by atoms with Crippen LogP contribution in [0.1, 0.15) is 24.3 Å². The monoisotopic (exact) mass is 289 g/mol. The molecule has 0 N–H and O–H groups in total. The summed E-state index contributed by atoms with van der Waals surface area (Å²) in [5.41, 5.74) is 1.33. The Kier molecular flexibility index (Phi) is 2.85. The van der Waals surface area contributed by atoms with E-state index in [0.29, 0.717) is 5.88 Å². The standard InChI is InChI=1S/C14H12BrNO/c15-12-4-6-13(7-5-12)17-14-8-3-11(9-16-14)10-1-2-10/h3-10H,1-2H2. The lowest BCUT2D eigenvalue weighted by molar-refractivity contribution is 0.462. The van der Waals surface area contributed by atoms with E-state index in [1.165, 1.54) is 18.4 Å². The van der Waals surface area contributed by atoms with E-state index in [9.17, 15) is 0 Å². The summed E-state index contributed by atoms with van der Waals surface area (Å²) in [6.45, 7) is 0. The van der Waals surface area contributed by atoms with E-state index >= 15 is 0 Å². The third-order valence-corrected chi connectivity index (χ3v) is 3.37. The lowest BCUT2D eigenvalue weighted by Crippen LogP contribution is -1.88. The normalized spacial score (nSPS) is 14.6. The molecule has 1 aliphatic carbocycles. The average Bonchev–Trinajstić information content (AvgIpc) is 3.17. The highest BCUT2D eigenvalue weighted by atomic mass is 79.9. The highest BCUT2D eigenvalue weighted by molar-refractivity contribution is 9.10. The van der Waals surface area contributed by atoms with Crippen LogP contribution in [0.2, 0.25) is 0 Å². The second kappa shape index (κ2) is 4.49. The molecule has 1 aromatic carbocycles. The number of rotatable bonds is 3. The zero-order valence-electron chi connectivity index (χ0n) is 9.27. The van der Waals surface area contributed by atoms with Gasteiger partial charge < -0.3 is 4.74 Å². The minimum Gasteiger partial charge on any atom is -0.439 e.